The van der Waals surface area contributed by atoms with E-state index in [4.69, 9.17) is 4.74 Å². The van der Waals surface area contributed by atoms with Crippen LogP contribution >= 0.6 is 0 Å². The summed E-state index contributed by atoms with van der Waals surface area (Å²) in [5.41, 5.74) is -2.85. The van der Waals surface area contributed by atoms with Gasteiger partial charge in [0.2, 0.25) is 0 Å². The highest BCUT2D eigenvalue weighted by molar-refractivity contribution is 5.95. The lowest BCUT2D eigenvalue weighted by atomic mass is 9.94. The number of carbonyl (C=O) groups excluding carboxylic acids is 1. The van der Waals surface area contributed by atoms with Gasteiger partial charge in [0.1, 0.15) is 18.2 Å². The number of allylic oxidation sites excluding steroid dienone is 4. The second-order valence-electron chi connectivity index (χ2n) is 5.36. The van der Waals surface area contributed by atoms with Crippen molar-refractivity contribution >= 4 is 5.78 Å². The molecule has 1 unspecified atom stereocenters. The smallest absolute Gasteiger partial charge is 0.416 e. The molecule has 0 N–H and O–H groups in total. The lowest BCUT2D eigenvalue weighted by Crippen LogP contribution is -2.23. The standard InChI is InChI=1S/C16H11F7O2/c1-8-13(24)5-11(16(21,22)23)6-14(8)25-7-9-4-10(15(18,19)20)2-3-12(9)17/h2-6,8H,7H2,1H3. The monoisotopic (exact) mass is 368 g/mol. The van der Waals surface area contributed by atoms with Crippen molar-refractivity contribution in [3.05, 3.63) is 58.6 Å². The molecule has 1 atom stereocenters. The van der Waals surface area contributed by atoms with Crippen LogP contribution in [0.15, 0.2) is 41.7 Å². The van der Waals surface area contributed by atoms with Gasteiger partial charge in [-0.3, -0.25) is 4.79 Å². The fraction of sp³-hybridized carbons (Fsp3) is 0.312. The summed E-state index contributed by atoms with van der Waals surface area (Å²) in [6.45, 7) is 0.532. The van der Waals surface area contributed by atoms with Crippen molar-refractivity contribution in [1.82, 2.24) is 0 Å². The molecule has 1 aliphatic carbocycles. The Morgan fingerprint density at radius 1 is 1.04 bits per heavy atom. The Balaban J connectivity index is 2.24. The summed E-state index contributed by atoms with van der Waals surface area (Å²) in [7, 11) is 0. The molecule has 2 rings (SSSR count). The second kappa shape index (κ2) is 6.53. The Morgan fingerprint density at radius 2 is 1.68 bits per heavy atom. The van der Waals surface area contributed by atoms with E-state index in [1.165, 1.54) is 6.92 Å². The van der Waals surface area contributed by atoms with E-state index in [0.717, 1.165) is 0 Å². The van der Waals surface area contributed by atoms with Crippen molar-refractivity contribution < 1.29 is 40.3 Å². The van der Waals surface area contributed by atoms with Crippen molar-refractivity contribution in [2.75, 3.05) is 0 Å². The molecule has 1 aromatic carbocycles. The van der Waals surface area contributed by atoms with E-state index in [0.29, 0.717) is 30.4 Å². The summed E-state index contributed by atoms with van der Waals surface area (Å²) in [5, 5.41) is 0. The van der Waals surface area contributed by atoms with Gasteiger partial charge in [-0.25, -0.2) is 4.39 Å². The van der Waals surface area contributed by atoms with Gasteiger partial charge in [0, 0.05) is 5.56 Å². The number of carbonyl (C=O) groups is 1. The quantitative estimate of drug-likeness (QED) is 0.706. The SMILES string of the molecule is CC1C(=O)C=C(C(F)(F)F)C=C1OCc1cc(C(F)(F)F)ccc1F. The first-order chi connectivity index (χ1) is 11.4. The molecule has 9 heteroatoms. The molecule has 25 heavy (non-hydrogen) atoms. The van der Waals surface area contributed by atoms with Crippen LogP contribution in [0.1, 0.15) is 18.1 Å². The van der Waals surface area contributed by atoms with E-state index < -0.39 is 58.9 Å². The number of rotatable bonds is 3. The van der Waals surface area contributed by atoms with Crippen LogP contribution in [0.2, 0.25) is 0 Å². The van der Waals surface area contributed by atoms with Crippen molar-refractivity contribution in [1.29, 1.82) is 0 Å². The molecule has 0 fully saturated rings. The van der Waals surface area contributed by atoms with Gasteiger partial charge in [0.25, 0.3) is 0 Å². The van der Waals surface area contributed by atoms with Crippen LogP contribution in [0.4, 0.5) is 30.7 Å². The molecule has 0 aromatic heterocycles. The third-order valence-corrected chi connectivity index (χ3v) is 3.54. The van der Waals surface area contributed by atoms with E-state index in [1.54, 1.807) is 0 Å². The van der Waals surface area contributed by atoms with Crippen molar-refractivity contribution in [2.24, 2.45) is 5.92 Å². The summed E-state index contributed by atoms with van der Waals surface area (Å²) in [5.74, 6) is -3.32. The number of benzene rings is 1. The maximum absolute atomic E-state index is 13.6. The van der Waals surface area contributed by atoms with Gasteiger partial charge < -0.3 is 4.74 Å². The topological polar surface area (TPSA) is 26.3 Å². The van der Waals surface area contributed by atoms with E-state index in [-0.39, 0.29) is 0 Å². The van der Waals surface area contributed by atoms with Crippen LogP contribution in [0.5, 0.6) is 0 Å². The van der Waals surface area contributed by atoms with Crippen molar-refractivity contribution in [3.8, 4) is 0 Å². The molecule has 0 bridgehead atoms. The molecule has 0 saturated carbocycles. The van der Waals surface area contributed by atoms with E-state index in [1.807, 2.05) is 0 Å². The molecule has 136 valence electrons. The van der Waals surface area contributed by atoms with Crippen LogP contribution in [0.3, 0.4) is 0 Å². The third kappa shape index (κ3) is 4.40. The zero-order valence-electron chi connectivity index (χ0n) is 12.6. The van der Waals surface area contributed by atoms with Gasteiger partial charge in [0.15, 0.2) is 5.78 Å². The summed E-state index contributed by atoms with van der Waals surface area (Å²) in [6.07, 6.45) is -8.49. The number of hydrogen-bond donors (Lipinski definition) is 0. The van der Waals surface area contributed by atoms with Crippen molar-refractivity contribution in [3.63, 3.8) is 0 Å². The van der Waals surface area contributed by atoms with Crippen LogP contribution in [-0.4, -0.2) is 12.0 Å². The Labute approximate surface area is 137 Å². The van der Waals surface area contributed by atoms with E-state index in [9.17, 15) is 35.5 Å². The first-order valence-corrected chi connectivity index (χ1v) is 6.92. The number of alkyl halides is 6. The highest BCUT2D eigenvalue weighted by Gasteiger charge is 2.37. The second-order valence-corrected chi connectivity index (χ2v) is 5.36. The average molecular weight is 368 g/mol. The van der Waals surface area contributed by atoms with Gasteiger partial charge in [-0.2, -0.15) is 26.3 Å². The molecule has 1 aromatic rings. The zero-order chi connectivity index (χ0) is 19.0. The predicted molar refractivity (Wildman–Crippen MR) is 72.6 cm³/mol. The molecule has 0 heterocycles. The lowest BCUT2D eigenvalue weighted by molar-refractivity contribution is -0.137. The first kappa shape index (κ1) is 19.0. The fourth-order valence-electron chi connectivity index (χ4n) is 2.09. The fourth-order valence-corrected chi connectivity index (χ4v) is 2.09. The molecular formula is C16H11F7O2. The maximum atomic E-state index is 13.6. The first-order valence-electron chi connectivity index (χ1n) is 6.92. The zero-order valence-corrected chi connectivity index (χ0v) is 12.6. The largest absolute Gasteiger partial charge is 0.492 e. The normalized spacial score (nSPS) is 18.7. The highest BCUT2D eigenvalue weighted by Crippen LogP contribution is 2.34. The summed E-state index contributed by atoms with van der Waals surface area (Å²) < 4.78 is 94.7. The minimum atomic E-state index is -4.79. The number of ketones is 1. The van der Waals surface area contributed by atoms with Crippen LogP contribution < -0.4 is 0 Å². The minimum absolute atomic E-state index is 0.392. The Bertz CT molecular complexity index is 742. The summed E-state index contributed by atoms with van der Waals surface area (Å²) in [6, 6.07) is 1.63. The van der Waals surface area contributed by atoms with Crippen LogP contribution in [0.25, 0.3) is 0 Å². The third-order valence-electron chi connectivity index (χ3n) is 3.54. The molecule has 1 aliphatic rings. The molecule has 2 nitrogen and oxygen atoms in total. The van der Waals surface area contributed by atoms with Crippen LogP contribution in [0, 0.1) is 11.7 Å². The molecule has 0 spiro atoms. The Hall–Kier alpha value is -2.32. The maximum Gasteiger partial charge on any atom is 0.416 e. The van der Waals surface area contributed by atoms with Gasteiger partial charge in [-0.1, -0.05) is 0 Å². The summed E-state index contributed by atoms with van der Waals surface area (Å²) in [4.78, 5) is 11.6. The number of ether oxygens (including phenoxy) is 1. The molecular weight excluding hydrogens is 357 g/mol. The van der Waals surface area contributed by atoms with Gasteiger partial charge in [-0.15, -0.1) is 0 Å². The molecule has 0 amide bonds. The lowest BCUT2D eigenvalue weighted by Gasteiger charge is -2.21. The molecule has 0 aliphatic heterocycles. The van der Waals surface area contributed by atoms with E-state index >= 15 is 0 Å². The predicted octanol–water partition coefficient (Wildman–Crippen LogP) is 4.95. The van der Waals surface area contributed by atoms with Gasteiger partial charge >= 0.3 is 12.4 Å². The minimum Gasteiger partial charge on any atom is -0.492 e. The van der Waals surface area contributed by atoms with Gasteiger partial charge in [0.05, 0.1) is 17.1 Å². The average Bonchev–Trinajstić information content (AvgIpc) is 2.47. The Kier molecular flexibility index (Phi) is 4.97. The number of halogens is 7. The van der Waals surface area contributed by atoms with Gasteiger partial charge in [-0.05, 0) is 37.3 Å². The molecule has 0 saturated heterocycles. The number of hydrogen-bond acceptors (Lipinski definition) is 2. The summed E-state index contributed by atoms with van der Waals surface area (Å²) >= 11 is 0. The highest BCUT2D eigenvalue weighted by atomic mass is 19.4. The van der Waals surface area contributed by atoms with Crippen LogP contribution in [-0.2, 0) is 22.3 Å². The van der Waals surface area contributed by atoms with E-state index in [2.05, 4.69) is 0 Å². The Morgan fingerprint density at radius 3 is 2.24 bits per heavy atom. The molecule has 0 radical (unpaired) electrons. The van der Waals surface area contributed by atoms with Crippen molar-refractivity contribution in [2.45, 2.75) is 25.9 Å².